The van der Waals surface area contributed by atoms with E-state index in [0.29, 0.717) is 0 Å². The van der Waals surface area contributed by atoms with E-state index < -0.39 is 48.2 Å². The molecule has 5 rings (SSSR count). The number of fused-ring (bicyclic) bond motifs is 3. The maximum absolute atomic E-state index is 13.6. The number of rotatable bonds is 10. The summed E-state index contributed by atoms with van der Waals surface area (Å²) in [5, 5.41) is 50.2. The smallest absolute Gasteiger partial charge is 0.410 e. The summed E-state index contributed by atoms with van der Waals surface area (Å²) in [6, 6.07) is 13.0. The van der Waals surface area contributed by atoms with Crippen LogP contribution < -0.4 is 0 Å². The predicted octanol–water partition coefficient (Wildman–Crippen LogP) is -0.0908. The zero-order chi connectivity index (χ0) is 35.9. The molecule has 16 nitrogen and oxygen atoms in total. The molecule has 2 aromatic carbocycles. The number of aliphatic hydroxyl groups is 1. The zero-order valence-electron chi connectivity index (χ0n) is 27.8. The van der Waals surface area contributed by atoms with Crippen LogP contribution in [0.4, 0.5) is 4.79 Å². The Kier molecular flexibility index (Phi) is 14.6. The van der Waals surface area contributed by atoms with Crippen molar-refractivity contribution >= 4 is 30.0 Å². The Bertz CT molecular complexity index is 1500. The Labute approximate surface area is 323 Å². The summed E-state index contributed by atoms with van der Waals surface area (Å²) in [5.74, 6) is -4.91. The third-order valence-electron chi connectivity index (χ3n) is 9.63. The fraction of sp³-hybridized carbons (Fsp3) is 0.500. The quantitative estimate of drug-likeness (QED) is 0.211. The largest absolute Gasteiger partial charge is 0.480 e. The molecule has 2 fully saturated rings. The Morgan fingerprint density at radius 3 is 1.47 bits per heavy atom. The normalized spacial score (nSPS) is 22.5. The second-order valence-corrected chi connectivity index (χ2v) is 12.8. The molecule has 3 aliphatic rings. The minimum absolute atomic E-state index is 0. The van der Waals surface area contributed by atoms with Gasteiger partial charge < -0.3 is 30.3 Å². The molecule has 3 atom stereocenters. The first-order valence-corrected chi connectivity index (χ1v) is 16.5. The average Bonchev–Trinajstić information content (AvgIpc) is 3.58. The molecule has 1 unspecified atom stereocenters. The van der Waals surface area contributed by atoms with Gasteiger partial charge in [0.15, 0.2) is 6.04 Å². The molecular weight excluding hydrogens is 829 g/mol. The van der Waals surface area contributed by atoms with Crippen LogP contribution in [-0.2, 0) is 23.9 Å². The van der Waals surface area contributed by atoms with Crippen LogP contribution in [0.1, 0.15) is 17.0 Å². The number of hydrogen-bond acceptors (Lipinski definition) is 11. The van der Waals surface area contributed by atoms with Crippen molar-refractivity contribution in [2.75, 3.05) is 85.1 Å². The minimum atomic E-state index is -1.51. The third kappa shape index (κ3) is 10.2. The van der Waals surface area contributed by atoms with E-state index in [-0.39, 0.29) is 128 Å². The summed E-state index contributed by atoms with van der Waals surface area (Å²) in [5.41, 5.74) is 4.03. The first-order chi connectivity index (χ1) is 23.9. The number of hydrogen-bond donors (Lipinski definition) is 5. The average molecular weight is 873 g/mol. The van der Waals surface area contributed by atoms with Gasteiger partial charge in [-0.25, -0.2) is 9.59 Å². The maximum Gasteiger partial charge on any atom is 0.410 e. The van der Waals surface area contributed by atoms with Gasteiger partial charge in [-0.2, -0.15) is 0 Å². The molecule has 2 aliphatic heterocycles. The van der Waals surface area contributed by atoms with Crippen LogP contribution in [0.2, 0.25) is 0 Å². The van der Waals surface area contributed by atoms with Gasteiger partial charge in [0, 0.05) is 95.2 Å². The number of carboxylic acids is 4. The van der Waals surface area contributed by atoms with Gasteiger partial charge in [0.1, 0.15) is 6.61 Å². The predicted molar refractivity (Wildman–Crippen MR) is 177 cm³/mol. The molecule has 5 N–H and O–H groups in total. The van der Waals surface area contributed by atoms with Crippen molar-refractivity contribution in [2.45, 2.75) is 24.1 Å². The molecular formula is C34H43LuN5O11. The summed E-state index contributed by atoms with van der Waals surface area (Å²) >= 11 is 0. The van der Waals surface area contributed by atoms with Crippen molar-refractivity contribution in [1.29, 1.82) is 0 Å². The molecule has 0 bridgehead atoms. The van der Waals surface area contributed by atoms with Gasteiger partial charge in [0.25, 0.3) is 0 Å². The molecule has 1 radical (unpaired) electrons. The Hall–Kier alpha value is -3.38. The van der Waals surface area contributed by atoms with Crippen molar-refractivity contribution in [3.63, 3.8) is 0 Å². The summed E-state index contributed by atoms with van der Waals surface area (Å²) < 4.78 is 5.76. The minimum Gasteiger partial charge on any atom is -0.480 e. The van der Waals surface area contributed by atoms with Gasteiger partial charge in [-0.3, -0.25) is 38.9 Å². The van der Waals surface area contributed by atoms with Crippen molar-refractivity contribution in [3.05, 3.63) is 59.7 Å². The Morgan fingerprint density at radius 2 is 1.06 bits per heavy atom. The number of β-amino-alcohol motifs (C(OH)–C–C–N with tert-alkyl or cyclic N) is 1. The van der Waals surface area contributed by atoms with Crippen LogP contribution in [0.3, 0.4) is 0 Å². The molecule has 1 aliphatic carbocycles. The zero-order valence-corrected chi connectivity index (χ0v) is 29.5. The maximum atomic E-state index is 13.6. The van der Waals surface area contributed by atoms with Gasteiger partial charge in [-0.1, -0.05) is 48.5 Å². The molecule has 2 saturated heterocycles. The van der Waals surface area contributed by atoms with Gasteiger partial charge >= 0.3 is 30.0 Å². The van der Waals surface area contributed by atoms with Gasteiger partial charge in [0.05, 0.1) is 38.3 Å². The Balaban J connectivity index is 0.00000583. The van der Waals surface area contributed by atoms with E-state index in [4.69, 9.17) is 4.74 Å². The van der Waals surface area contributed by atoms with Crippen LogP contribution in [-0.4, -0.2) is 183 Å². The van der Waals surface area contributed by atoms with E-state index in [2.05, 4.69) is 0 Å². The van der Waals surface area contributed by atoms with Gasteiger partial charge in [-0.05, 0) is 22.3 Å². The van der Waals surface area contributed by atoms with Crippen LogP contribution in [0.15, 0.2) is 48.5 Å². The van der Waals surface area contributed by atoms with Gasteiger partial charge in [0.2, 0.25) is 0 Å². The molecule has 0 aromatic heterocycles. The van der Waals surface area contributed by atoms with Gasteiger partial charge in [-0.15, -0.1) is 0 Å². The van der Waals surface area contributed by atoms with Crippen molar-refractivity contribution in [2.24, 2.45) is 0 Å². The molecule has 17 heteroatoms. The molecule has 1 amide bonds. The second kappa shape index (κ2) is 18.4. The SMILES string of the molecule is O=C(O)CN1CCN(CC(=O)O)CCN(C2[C@@H](C(=O)O)N(C(=O)OCC3c4ccccc4-c4ccccc43)C[C@@H]2O)CCN(CC(=O)O)CC1.[Lu]. The molecule has 2 aromatic rings. The standard InChI is InChI=1S/C34H43N5O11.Lu/c40-27-17-39(34(49)50-21-26-24-7-3-1-5-22(24)23-6-2-4-8-25(23)26)32(33(47)48)31(27)38-15-13-36(19-29(43)44)11-9-35(18-28(41)42)10-12-37(14-16-38)20-30(45)46;/h1-8,26-27,31-32,40H,9-21H2,(H,41,42)(H,43,44)(H,45,46)(H,47,48);/t27-,31?,32-;/m0./s1. The summed E-state index contributed by atoms with van der Waals surface area (Å²) in [6.07, 6.45) is -2.20. The number of amides is 1. The fourth-order valence-electron chi connectivity index (χ4n) is 7.30. The summed E-state index contributed by atoms with van der Waals surface area (Å²) in [6.45, 7) is -0.268. The molecule has 285 valence electrons. The summed E-state index contributed by atoms with van der Waals surface area (Å²) in [4.78, 5) is 68.7. The third-order valence-corrected chi connectivity index (χ3v) is 9.63. The number of benzene rings is 2. The van der Waals surface area contributed by atoms with E-state index >= 15 is 0 Å². The number of carbonyl (C=O) groups excluding carboxylic acids is 1. The van der Waals surface area contributed by atoms with Crippen LogP contribution in [0, 0.1) is 36.9 Å². The Morgan fingerprint density at radius 1 is 0.647 bits per heavy atom. The summed E-state index contributed by atoms with van der Waals surface area (Å²) in [7, 11) is 0. The van der Waals surface area contributed by atoms with E-state index in [1.165, 1.54) is 0 Å². The van der Waals surface area contributed by atoms with E-state index in [1.807, 2.05) is 48.5 Å². The molecule has 2 heterocycles. The van der Waals surface area contributed by atoms with Crippen molar-refractivity contribution in [3.8, 4) is 11.1 Å². The second-order valence-electron chi connectivity index (χ2n) is 12.8. The first kappa shape index (κ1) is 40.4. The number of aliphatic hydroxyl groups excluding tert-OH is 1. The van der Waals surface area contributed by atoms with Crippen LogP contribution in [0.5, 0.6) is 0 Å². The van der Waals surface area contributed by atoms with Crippen LogP contribution >= 0.6 is 0 Å². The fourth-order valence-corrected chi connectivity index (χ4v) is 7.30. The molecule has 51 heavy (non-hydrogen) atoms. The number of carboxylic acid groups (broad SMARTS) is 4. The van der Waals surface area contributed by atoms with Crippen LogP contribution in [0.25, 0.3) is 11.1 Å². The number of carbonyl (C=O) groups is 5. The van der Waals surface area contributed by atoms with E-state index in [0.717, 1.165) is 27.2 Å². The van der Waals surface area contributed by atoms with E-state index in [1.54, 1.807) is 19.6 Å². The first-order valence-electron chi connectivity index (χ1n) is 16.5. The topological polar surface area (TPSA) is 212 Å². The molecule has 0 saturated carbocycles. The van der Waals surface area contributed by atoms with Crippen molar-refractivity contribution in [1.82, 2.24) is 24.5 Å². The molecule has 0 spiro atoms. The van der Waals surface area contributed by atoms with Crippen molar-refractivity contribution < 1.29 is 91.1 Å². The monoisotopic (exact) mass is 872 g/mol. The number of aliphatic carboxylic acids is 4. The van der Waals surface area contributed by atoms with E-state index in [9.17, 15) is 49.5 Å². The number of nitrogens with zero attached hydrogens (tertiary/aromatic N) is 5. The number of likely N-dealkylation sites (tertiary alicyclic amines) is 1. The number of ether oxygens (including phenoxy) is 1.